The molecule has 2 aromatic carbocycles. The molecule has 0 saturated carbocycles. The van der Waals surface area contributed by atoms with Crippen LogP contribution in [-0.4, -0.2) is 27.8 Å². The van der Waals surface area contributed by atoms with E-state index < -0.39 is 0 Å². The van der Waals surface area contributed by atoms with Crippen LogP contribution >= 0.6 is 11.6 Å². The summed E-state index contributed by atoms with van der Waals surface area (Å²) in [6.45, 7) is 3.51. The van der Waals surface area contributed by atoms with E-state index in [0.717, 1.165) is 29.8 Å². The molecule has 2 aliphatic heterocycles. The van der Waals surface area contributed by atoms with Crippen molar-refractivity contribution in [1.29, 1.82) is 0 Å². The molecule has 136 valence electrons. The summed E-state index contributed by atoms with van der Waals surface area (Å²) in [6, 6.07) is 11.1. The number of rotatable bonds is 3. The number of nitrogens with zero attached hydrogens (tertiary/aromatic N) is 2. The fourth-order valence-electron chi connectivity index (χ4n) is 4.61. The second-order valence-corrected chi connectivity index (χ2v) is 7.77. The van der Waals surface area contributed by atoms with Gasteiger partial charge in [0.1, 0.15) is 0 Å². The number of hydrogen-bond acceptors (Lipinski definition) is 2. The summed E-state index contributed by atoms with van der Waals surface area (Å²) in [5.74, 6) is -0.389. The highest BCUT2D eigenvalue weighted by molar-refractivity contribution is 6.31. The van der Waals surface area contributed by atoms with Crippen LogP contribution < -0.4 is 0 Å². The summed E-state index contributed by atoms with van der Waals surface area (Å²) in [6.07, 6.45) is 2.79. The SMILES string of the molecule is Cc1c(CCN2C(=O)c3ccccc3C2=O)c2cc(Cl)cc3c2n1CCC3. The second kappa shape index (κ2) is 5.96. The predicted octanol–water partition coefficient (Wildman–Crippen LogP) is 4.39. The number of fused-ring (bicyclic) bond motifs is 1. The van der Waals surface area contributed by atoms with Gasteiger partial charge in [0.25, 0.3) is 11.8 Å². The maximum atomic E-state index is 12.6. The van der Waals surface area contributed by atoms with Crippen molar-refractivity contribution in [2.75, 3.05) is 6.54 Å². The van der Waals surface area contributed by atoms with Crippen LogP contribution in [0.5, 0.6) is 0 Å². The topological polar surface area (TPSA) is 42.3 Å². The van der Waals surface area contributed by atoms with Crippen molar-refractivity contribution >= 4 is 34.3 Å². The first-order chi connectivity index (χ1) is 13.1. The van der Waals surface area contributed by atoms with Crippen LogP contribution in [0.3, 0.4) is 0 Å². The molecular formula is C22H19ClN2O2. The van der Waals surface area contributed by atoms with Crippen molar-refractivity contribution < 1.29 is 9.59 Å². The van der Waals surface area contributed by atoms with Gasteiger partial charge in [0, 0.05) is 29.2 Å². The number of aryl methyl sites for hydroxylation is 2. The van der Waals surface area contributed by atoms with Gasteiger partial charge in [-0.3, -0.25) is 14.5 Å². The lowest BCUT2D eigenvalue weighted by atomic mass is 10.0. The standard InChI is InChI=1S/C22H19ClN2O2/c1-13-16(19-12-15(23)11-14-5-4-9-24(13)20(14)19)8-10-25-21(26)17-6-2-3-7-18(17)22(25)27/h2-3,6-7,11-12H,4-5,8-10H2,1H3. The van der Waals surface area contributed by atoms with E-state index >= 15 is 0 Å². The molecule has 27 heavy (non-hydrogen) atoms. The quantitative estimate of drug-likeness (QED) is 0.634. The van der Waals surface area contributed by atoms with Crippen LogP contribution in [0.25, 0.3) is 10.9 Å². The molecule has 0 radical (unpaired) electrons. The van der Waals surface area contributed by atoms with E-state index in [1.54, 1.807) is 24.3 Å². The van der Waals surface area contributed by atoms with Crippen molar-refractivity contribution in [3.8, 4) is 0 Å². The summed E-state index contributed by atoms with van der Waals surface area (Å²) < 4.78 is 2.36. The number of carbonyl (C=O) groups is 2. The van der Waals surface area contributed by atoms with E-state index in [4.69, 9.17) is 11.6 Å². The van der Waals surface area contributed by atoms with Gasteiger partial charge < -0.3 is 4.57 Å². The Labute approximate surface area is 162 Å². The summed E-state index contributed by atoms with van der Waals surface area (Å²) in [5.41, 5.74) is 5.96. The third-order valence-electron chi connectivity index (χ3n) is 5.88. The molecular weight excluding hydrogens is 360 g/mol. The molecule has 2 aliphatic rings. The minimum atomic E-state index is -0.194. The van der Waals surface area contributed by atoms with E-state index in [1.165, 1.54) is 27.2 Å². The third kappa shape index (κ3) is 2.36. The van der Waals surface area contributed by atoms with E-state index in [2.05, 4.69) is 17.6 Å². The Hall–Kier alpha value is -2.59. The Morgan fingerprint density at radius 1 is 1.07 bits per heavy atom. The summed E-state index contributed by atoms with van der Waals surface area (Å²) in [5, 5.41) is 1.91. The van der Waals surface area contributed by atoms with Gasteiger partial charge in [0.2, 0.25) is 0 Å². The zero-order chi connectivity index (χ0) is 18.7. The molecule has 3 aromatic rings. The number of halogens is 1. The number of hydrogen-bond donors (Lipinski definition) is 0. The lowest BCUT2D eigenvalue weighted by Gasteiger charge is -2.17. The zero-order valence-electron chi connectivity index (χ0n) is 15.1. The van der Waals surface area contributed by atoms with E-state index in [1.807, 2.05) is 6.07 Å². The van der Waals surface area contributed by atoms with Crippen molar-refractivity contribution in [2.45, 2.75) is 32.7 Å². The Morgan fingerprint density at radius 3 is 2.48 bits per heavy atom. The Balaban J connectivity index is 1.51. The lowest BCUT2D eigenvalue weighted by Crippen LogP contribution is -2.31. The maximum absolute atomic E-state index is 12.6. The van der Waals surface area contributed by atoms with Crippen molar-refractivity contribution in [3.63, 3.8) is 0 Å². The average molecular weight is 379 g/mol. The average Bonchev–Trinajstić information content (AvgIpc) is 3.07. The number of amides is 2. The highest BCUT2D eigenvalue weighted by atomic mass is 35.5. The van der Waals surface area contributed by atoms with Crippen molar-refractivity contribution in [2.24, 2.45) is 0 Å². The molecule has 3 heterocycles. The van der Waals surface area contributed by atoms with Gasteiger partial charge in [-0.15, -0.1) is 0 Å². The van der Waals surface area contributed by atoms with Crippen LogP contribution in [0.15, 0.2) is 36.4 Å². The normalized spacial score (nSPS) is 15.7. The molecule has 0 unspecified atom stereocenters. The minimum absolute atomic E-state index is 0.194. The van der Waals surface area contributed by atoms with Gasteiger partial charge in [0.15, 0.2) is 0 Å². The molecule has 1 aromatic heterocycles. The molecule has 0 N–H and O–H groups in total. The number of aromatic nitrogens is 1. The van der Waals surface area contributed by atoms with E-state index in [-0.39, 0.29) is 11.8 Å². The molecule has 0 fully saturated rings. The van der Waals surface area contributed by atoms with Gasteiger partial charge in [-0.1, -0.05) is 23.7 Å². The Morgan fingerprint density at radius 2 is 1.78 bits per heavy atom. The fourth-order valence-corrected chi connectivity index (χ4v) is 4.85. The zero-order valence-corrected chi connectivity index (χ0v) is 15.8. The highest BCUT2D eigenvalue weighted by Gasteiger charge is 2.35. The van der Waals surface area contributed by atoms with Gasteiger partial charge in [-0.05, 0) is 61.6 Å². The monoisotopic (exact) mass is 378 g/mol. The van der Waals surface area contributed by atoms with Crippen LogP contribution in [0, 0.1) is 6.92 Å². The molecule has 0 spiro atoms. The van der Waals surface area contributed by atoms with Crippen molar-refractivity contribution in [1.82, 2.24) is 9.47 Å². The van der Waals surface area contributed by atoms with Gasteiger partial charge in [-0.25, -0.2) is 0 Å². The van der Waals surface area contributed by atoms with Gasteiger partial charge in [-0.2, -0.15) is 0 Å². The third-order valence-corrected chi connectivity index (χ3v) is 6.10. The molecule has 0 aliphatic carbocycles. The first-order valence-corrected chi connectivity index (χ1v) is 9.69. The first kappa shape index (κ1) is 16.6. The van der Waals surface area contributed by atoms with Gasteiger partial charge in [0.05, 0.1) is 16.6 Å². The summed E-state index contributed by atoms with van der Waals surface area (Å²) >= 11 is 6.37. The Kier molecular flexibility index (Phi) is 3.66. The number of carbonyl (C=O) groups excluding carboxylic acids is 2. The van der Waals surface area contributed by atoms with Crippen LogP contribution in [0.2, 0.25) is 5.02 Å². The van der Waals surface area contributed by atoms with Crippen LogP contribution in [-0.2, 0) is 19.4 Å². The number of benzene rings is 2. The van der Waals surface area contributed by atoms with Gasteiger partial charge >= 0.3 is 0 Å². The minimum Gasteiger partial charge on any atom is -0.344 e. The van der Waals surface area contributed by atoms with Crippen molar-refractivity contribution in [3.05, 3.63) is 69.4 Å². The van der Waals surface area contributed by atoms with E-state index in [9.17, 15) is 9.59 Å². The molecule has 0 saturated heterocycles. The summed E-state index contributed by atoms with van der Waals surface area (Å²) in [7, 11) is 0. The highest BCUT2D eigenvalue weighted by Crippen LogP contribution is 2.35. The predicted molar refractivity (Wildman–Crippen MR) is 106 cm³/mol. The lowest BCUT2D eigenvalue weighted by molar-refractivity contribution is 0.0656. The maximum Gasteiger partial charge on any atom is 0.261 e. The second-order valence-electron chi connectivity index (χ2n) is 7.34. The largest absolute Gasteiger partial charge is 0.344 e. The molecule has 0 bridgehead atoms. The molecule has 5 heteroatoms. The molecule has 5 rings (SSSR count). The van der Waals surface area contributed by atoms with Crippen LogP contribution in [0.1, 0.15) is 44.0 Å². The number of imide groups is 1. The van der Waals surface area contributed by atoms with Crippen LogP contribution in [0.4, 0.5) is 0 Å². The molecule has 4 nitrogen and oxygen atoms in total. The smallest absolute Gasteiger partial charge is 0.261 e. The van der Waals surface area contributed by atoms with E-state index in [0.29, 0.717) is 24.1 Å². The molecule has 0 atom stereocenters. The molecule has 2 amide bonds. The summed E-state index contributed by atoms with van der Waals surface area (Å²) in [4.78, 5) is 26.6. The Bertz CT molecular complexity index is 1090. The fraction of sp³-hybridized carbons (Fsp3) is 0.273. The first-order valence-electron chi connectivity index (χ1n) is 9.31.